The molecule has 0 saturated carbocycles. The third-order valence-electron chi connectivity index (χ3n) is 4.08. The van der Waals surface area contributed by atoms with Crippen LogP contribution < -0.4 is 5.32 Å². The lowest BCUT2D eigenvalue weighted by Gasteiger charge is -2.32. The first-order valence-corrected chi connectivity index (χ1v) is 9.34. The molecule has 0 atom stereocenters. The van der Waals surface area contributed by atoms with Gasteiger partial charge >= 0.3 is 0 Å². The molecule has 3 rings (SSSR count). The maximum Gasteiger partial charge on any atom is 0.157 e. The summed E-state index contributed by atoms with van der Waals surface area (Å²) >= 11 is 3.96. The van der Waals surface area contributed by atoms with E-state index >= 15 is 0 Å². The maximum atomic E-state index is 5.45. The fourth-order valence-electron chi connectivity index (χ4n) is 2.74. The molecular formula is C13H23N3OS2. The third-order valence-corrected chi connectivity index (χ3v) is 6.23. The smallest absolute Gasteiger partial charge is 0.157 e. The molecule has 1 N–H and O–H groups in total. The number of hydrogen-bond donors (Lipinski definition) is 1. The molecule has 4 nitrogen and oxygen atoms in total. The van der Waals surface area contributed by atoms with Crippen LogP contribution >= 0.6 is 23.5 Å². The number of aliphatic imine (C=N–C) groups is 1. The number of hydrogen-bond acceptors (Lipinski definition) is 5. The second-order valence-electron chi connectivity index (χ2n) is 5.45. The van der Waals surface area contributed by atoms with Crippen molar-refractivity contribution in [3.05, 3.63) is 0 Å². The van der Waals surface area contributed by atoms with Crippen molar-refractivity contribution in [2.75, 3.05) is 56.7 Å². The van der Waals surface area contributed by atoms with Gasteiger partial charge in [-0.2, -0.15) is 11.8 Å². The summed E-state index contributed by atoms with van der Waals surface area (Å²) in [7, 11) is 0. The monoisotopic (exact) mass is 301 g/mol. The normalized spacial score (nSPS) is 29.8. The zero-order valence-corrected chi connectivity index (χ0v) is 13.0. The lowest BCUT2D eigenvalue weighted by Crippen LogP contribution is -2.48. The van der Waals surface area contributed by atoms with Crippen LogP contribution in [0.4, 0.5) is 0 Å². The van der Waals surface area contributed by atoms with E-state index < -0.39 is 0 Å². The van der Waals surface area contributed by atoms with Crippen LogP contribution in [0.2, 0.25) is 0 Å². The van der Waals surface area contributed by atoms with E-state index in [1.54, 1.807) is 0 Å². The predicted octanol–water partition coefficient (Wildman–Crippen LogP) is 1.28. The molecule has 0 aromatic heterocycles. The van der Waals surface area contributed by atoms with Crippen molar-refractivity contribution in [3.8, 4) is 0 Å². The van der Waals surface area contributed by atoms with Crippen molar-refractivity contribution in [2.24, 2.45) is 4.99 Å². The van der Waals surface area contributed by atoms with Crippen molar-refractivity contribution in [2.45, 2.75) is 18.4 Å². The number of thioether (sulfide) groups is 2. The zero-order chi connectivity index (χ0) is 13.0. The van der Waals surface area contributed by atoms with E-state index in [0.29, 0.717) is 0 Å². The van der Waals surface area contributed by atoms with Gasteiger partial charge in [0.2, 0.25) is 0 Å². The van der Waals surface area contributed by atoms with Gasteiger partial charge in [0.25, 0.3) is 0 Å². The van der Waals surface area contributed by atoms with E-state index in [-0.39, 0.29) is 5.54 Å². The van der Waals surface area contributed by atoms with Crippen LogP contribution in [0.5, 0.6) is 0 Å². The molecule has 3 aliphatic rings. The number of amidine groups is 1. The van der Waals surface area contributed by atoms with E-state index in [2.05, 4.69) is 22.0 Å². The maximum absolute atomic E-state index is 5.45. The van der Waals surface area contributed by atoms with Crippen molar-refractivity contribution in [1.29, 1.82) is 0 Å². The Labute approximate surface area is 124 Å². The van der Waals surface area contributed by atoms with Gasteiger partial charge in [0, 0.05) is 50.1 Å². The largest absolute Gasteiger partial charge is 0.381 e. The molecule has 0 radical (unpaired) electrons. The average Bonchev–Trinajstić information content (AvgIpc) is 2.84. The topological polar surface area (TPSA) is 36.9 Å². The summed E-state index contributed by atoms with van der Waals surface area (Å²) in [6.45, 7) is 6.31. The third kappa shape index (κ3) is 3.80. The lowest BCUT2D eigenvalue weighted by molar-refractivity contribution is 0.0555. The molecule has 0 unspecified atom stereocenters. The Morgan fingerprint density at radius 2 is 2.05 bits per heavy atom. The second kappa shape index (κ2) is 6.70. The number of nitrogens with zero attached hydrogens (tertiary/aromatic N) is 2. The van der Waals surface area contributed by atoms with E-state index in [0.717, 1.165) is 50.1 Å². The van der Waals surface area contributed by atoms with Crippen LogP contribution in [-0.4, -0.2) is 72.3 Å². The van der Waals surface area contributed by atoms with Gasteiger partial charge in [0.15, 0.2) is 5.17 Å². The first-order chi connectivity index (χ1) is 9.36. The van der Waals surface area contributed by atoms with Crippen LogP contribution in [0.1, 0.15) is 12.8 Å². The molecule has 3 saturated heterocycles. The molecule has 1 spiro atoms. The van der Waals surface area contributed by atoms with Gasteiger partial charge in [-0.15, -0.1) is 0 Å². The number of ether oxygens (including phenoxy) is 1. The Hall–Kier alpha value is 0.0900. The van der Waals surface area contributed by atoms with Gasteiger partial charge in [-0.25, -0.2) is 0 Å². The van der Waals surface area contributed by atoms with E-state index in [4.69, 9.17) is 9.73 Å². The van der Waals surface area contributed by atoms with Gasteiger partial charge in [-0.1, -0.05) is 11.8 Å². The van der Waals surface area contributed by atoms with Gasteiger partial charge in [-0.05, 0) is 12.8 Å². The van der Waals surface area contributed by atoms with Crippen LogP contribution in [0.3, 0.4) is 0 Å². The van der Waals surface area contributed by atoms with Crippen molar-refractivity contribution in [3.63, 3.8) is 0 Å². The van der Waals surface area contributed by atoms with E-state index in [1.807, 2.05) is 11.8 Å². The molecule has 19 heavy (non-hydrogen) atoms. The van der Waals surface area contributed by atoms with Crippen molar-refractivity contribution in [1.82, 2.24) is 10.2 Å². The standard InChI is InChI=1S/C13H23N3OS2/c1-7-17-8-2-13(1)11-19-12(15-13)14-3-4-16-5-9-18-10-6-16/h1-11H2,(H,14,15). The van der Waals surface area contributed by atoms with Gasteiger partial charge < -0.3 is 10.1 Å². The fraction of sp³-hybridized carbons (Fsp3) is 0.923. The SMILES string of the molecule is C(CN1CCSCC1)N=C1NC2(CCOCC2)CS1. The van der Waals surface area contributed by atoms with Crippen LogP contribution in [-0.2, 0) is 4.74 Å². The molecule has 6 heteroatoms. The molecule has 0 aromatic rings. The lowest BCUT2D eigenvalue weighted by atomic mass is 9.93. The molecule has 3 heterocycles. The summed E-state index contributed by atoms with van der Waals surface area (Å²) in [4.78, 5) is 7.28. The highest BCUT2D eigenvalue weighted by Gasteiger charge is 2.38. The average molecular weight is 301 g/mol. The Bertz CT molecular complexity index is 326. The highest BCUT2D eigenvalue weighted by molar-refractivity contribution is 8.14. The highest BCUT2D eigenvalue weighted by atomic mass is 32.2. The first-order valence-electron chi connectivity index (χ1n) is 7.20. The molecule has 0 bridgehead atoms. The summed E-state index contributed by atoms with van der Waals surface area (Å²) in [5.41, 5.74) is 0.281. The van der Waals surface area contributed by atoms with Crippen LogP contribution in [0.15, 0.2) is 4.99 Å². The van der Waals surface area contributed by atoms with E-state index in [1.165, 1.54) is 24.6 Å². The molecule has 0 amide bonds. The Morgan fingerprint density at radius 3 is 2.84 bits per heavy atom. The second-order valence-corrected chi connectivity index (χ2v) is 7.64. The van der Waals surface area contributed by atoms with Crippen LogP contribution in [0.25, 0.3) is 0 Å². The Kier molecular flexibility index (Phi) is 4.95. The molecule has 0 aliphatic carbocycles. The predicted molar refractivity (Wildman–Crippen MR) is 84.4 cm³/mol. The van der Waals surface area contributed by atoms with Gasteiger partial charge in [-0.3, -0.25) is 9.89 Å². The minimum Gasteiger partial charge on any atom is -0.381 e. The number of nitrogens with one attached hydrogen (secondary N) is 1. The fourth-order valence-corrected chi connectivity index (χ4v) is 4.96. The minimum absolute atomic E-state index is 0.281. The summed E-state index contributed by atoms with van der Waals surface area (Å²) in [5.74, 6) is 3.73. The molecule has 108 valence electrons. The quantitative estimate of drug-likeness (QED) is 0.850. The van der Waals surface area contributed by atoms with Crippen molar-refractivity contribution >= 4 is 28.7 Å². The molecule has 3 fully saturated rings. The van der Waals surface area contributed by atoms with Gasteiger partial charge in [0.1, 0.15) is 0 Å². The summed E-state index contributed by atoms with van der Waals surface area (Å²) in [6, 6.07) is 0. The number of rotatable bonds is 3. The van der Waals surface area contributed by atoms with Crippen LogP contribution in [0, 0.1) is 0 Å². The molecule has 0 aromatic carbocycles. The molecule has 3 aliphatic heterocycles. The van der Waals surface area contributed by atoms with Crippen molar-refractivity contribution < 1.29 is 4.74 Å². The minimum atomic E-state index is 0.281. The van der Waals surface area contributed by atoms with Gasteiger partial charge in [0.05, 0.1) is 12.1 Å². The Morgan fingerprint density at radius 1 is 1.26 bits per heavy atom. The summed E-state index contributed by atoms with van der Waals surface area (Å²) < 4.78 is 5.45. The summed E-state index contributed by atoms with van der Waals surface area (Å²) in [6.07, 6.45) is 2.25. The zero-order valence-electron chi connectivity index (χ0n) is 11.4. The molecular weight excluding hydrogens is 278 g/mol. The summed E-state index contributed by atoms with van der Waals surface area (Å²) in [5, 5.41) is 4.81. The first kappa shape index (κ1) is 14.0. The highest BCUT2D eigenvalue weighted by Crippen LogP contribution is 2.31. The Balaban J connectivity index is 1.43. The van der Waals surface area contributed by atoms with E-state index in [9.17, 15) is 0 Å².